The van der Waals surface area contributed by atoms with Gasteiger partial charge in [0.25, 0.3) is 0 Å². The molecule has 2 N–H and O–H groups in total. The molecule has 5 heteroatoms. The van der Waals surface area contributed by atoms with Crippen LogP contribution in [0.15, 0.2) is 39.8 Å². The predicted molar refractivity (Wildman–Crippen MR) is 106 cm³/mol. The van der Waals surface area contributed by atoms with Gasteiger partial charge >= 0.3 is 0 Å². The molecule has 0 spiro atoms. The number of nitrogens with two attached hydrogens (primary N) is 1. The lowest BCUT2D eigenvalue weighted by Gasteiger charge is -2.27. The first-order valence-corrected chi connectivity index (χ1v) is 9.67. The number of guanidine groups is 1. The molecule has 1 fully saturated rings. The number of nitrogens with zero attached hydrogens (tertiary/aromatic N) is 3. The second kappa shape index (κ2) is 8.39. The number of rotatable bonds is 5. The molecule has 0 radical (unpaired) electrons. The van der Waals surface area contributed by atoms with Crippen molar-refractivity contribution in [3.8, 4) is 0 Å². The number of aliphatic imine (C=N–C) groups is 1. The van der Waals surface area contributed by atoms with Gasteiger partial charge in [-0.2, -0.15) is 4.99 Å². The van der Waals surface area contributed by atoms with Crippen LogP contribution in [0.25, 0.3) is 0 Å². The van der Waals surface area contributed by atoms with E-state index in [9.17, 15) is 0 Å². The summed E-state index contributed by atoms with van der Waals surface area (Å²) in [5.41, 5.74) is 8.71. The maximum absolute atomic E-state index is 6.13. The molecular formula is C21H30N4O. The zero-order chi connectivity index (χ0) is 18.5. The highest BCUT2D eigenvalue weighted by Crippen LogP contribution is 2.27. The van der Waals surface area contributed by atoms with Gasteiger partial charge in [-0.15, -0.1) is 0 Å². The highest BCUT2D eigenvalue weighted by molar-refractivity contribution is 5.80. The van der Waals surface area contributed by atoms with Crippen LogP contribution in [-0.4, -0.2) is 29.1 Å². The lowest BCUT2D eigenvalue weighted by Crippen LogP contribution is -2.40. The molecule has 3 rings (SSSR count). The maximum Gasteiger partial charge on any atom is 0.198 e. The van der Waals surface area contributed by atoms with E-state index in [4.69, 9.17) is 10.3 Å². The zero-order valence-corrected chi connectivity index (χ0v) is 16.1. The van der Waals surface area contributed by atoms with Crippen LogP contribution in [-0.2, 0) is 6.42 Å². The Morgan fingerprint density at radius 3 is 2.50 bits per heavy atom. The molecule has 1 atom stereocenters. The van der Waals surface area contributed by atoms with Gasteiger partial charge < -0.3 is 15.2 Å². The van der Waals surface area contributed by atoms with Crippen LogP contribution in [0, 0.1) is 5.92 Å². The van der Waals surface area contributed by atoms with Gasteiger partial charge in [-0.3, -0.25) is 0 Å². The number of benzene rings is 1. The molecule has 0 saturated carbocycles. The number of hydrogen-bond donors (Lipinski definition) is 1. The van der Waals surface area contributed by atoms with E-state index in [1.807, 2.05) is 6.07 Å². The lowest BCUT2D eigenvalue weighted by atomic mass is 9.95. The SMILES string of the molecule is CC(C)Cc1ccc(C(C)c2cc(N=C(N)N3CCCCC3)no2)cc1. The molecule has 1 aliphatic heterocycles. The van der Waals surface area contributed by atoms with Gasteiger partial charge in [-0.1, -0.05) is 50.2 Å². The third kappa shape index (κ3) is 4.65. The summed E-state index contributed by atoms with van der Waals surface area (Å²) in [5, 5.41) is 4.09. The molecule has 0 amide bonds. The monoisotopic (exact) mass is 354 g/mol. The summed E-state index contributed by atoms with van der Waals surface area (Å²) in [4.78, 5) is 6.56. The first kappa shape index (κ1) is 18.5. The highest BCUT2D eigenvalue weighted by Gasteiger charge is 2.16. The van der Waals surface area contributed by atoms with Crippen molar-refractivity contribution in [1.29, 1.82) is 0 Å². The number of aromatic nitrogens is 1. The summed E-state index contributed by atoms with van der Waals surface area (Å²) in [6.07, 6.45) is 4.71. The van der Waals surface area contributed by atoms with Gasteiger partial charge in [0, 0.05) is 25.1 Å². The van der Waals surface area contributed by atoms with E-state index < -0.39 is 0 Å². The van der Waals surface area contributed by atoms with Crippen molar-refractivity contribution in [1.82, 2.24) is 10.1 Å². The van der Waals surface area contributed by atoms with Crippen molar-refractivity contribution >= 4 is 11.8 Å². The molecule has 0 aliphatic carbocycles. The van der Waals surface area contributed by atoms with E-state index in [0.29, 0.717) is 17.7 Å². The topological polar surface area (TPSA) is 67.7 Å². The first-order valence-electron chi connectivity index (χ1n) is 9.67. The third-order valence-electron chi connectivity index (χ3n) is 4.98. The van der Waals surface area contributed by atoms with E-state index in [-0.39, 0.29) is 5.92 Å². The minimum absolute atomic E-state index is 0.135. The van der Waals surface area contributed by atoms with Crippen LogP contribution in [0.5, 0.6) is 0 Å². The largest absolute Gasteiger partial charge is 0.369 e. The van der Waals surface area contributed by atoms with Crippen LogP contribution in [0.3, 0.4) is 0 Å². The predicted octanol–water partition coefficient (Wildman–Crippen LogP) is 4.46. The Morgan fingerprint density at radius 1 is 1.15 bits per heavy atom. The summed E-state index contributed by atoms with van der Waals surface area (Å²) in [7, 11) is 0. The van der Waals surface area contributed by atoms with Crippen LogP contribution in [0.4, 0.5) is 5.82 Å². The Balaban J connectivity index is 1.68. The summed E-state index contributed by atoms with van der Waals surface area (Å²) in [6, 6.07) is 10.7. The number of likely N-dealkylation sites (tertiary alicyclic amines) is 1. The molecule has 26 heavy (non-hydrogen) atoms. The number of hydrogen-bond acceptors (Lipinski definition) is 3. The molecular weight excluding hydrogens is 324 g/mol. The average molecular weight is 354 g/mol. The van der Waals surface area contributed by atoms with Gasteiger partial charge in [0.1, 0.15) is 5.76 Å². The minimum atomic E-state index is 0.135. The summed E-state index contributed by atoms with van der Waals surface area (Å²) >= 11 is 0. The molecule has 2 aromatic rings. The molecule has 1 aromatic carbocycles. The van der Waals surface area contributed by atoms with Crippen LogP contribution in [0.1, 0.15) is 62.8 Å². The fourth-order valence-electron chi connectivity index (χ4n) is 3.43. The van der Waals surface area contributed by atoms with E-state index >= 15 is 0 Å². The molecule has 2 heterocycles. The Labute approximate surface area is 156 Å². The van der Waals surface area contributed by atoms with Crippen molar-refractivity contribution in [2.75, 3.05) is 13.1 Å². The van der Waals surface area contributed by atoms with Gasteiger partial charge in [0.2, 0.25) is 0 Å². The number of piperidine rings is 1. The Kier molecular flexibility index (Phi) is 5.96. The molecule has 140 valence electrons. The summed E-state index contributed by atoms with van der Waals surface area (Å²) < 4.78 is 5.53. The Hall–Kier alpha value is -2.30. The molecule has 1 aromatic heterocycles. The second-order valence-electron chi connectivity index (χ2n) is 7.67. The van der Waals surface area contributed by atoms with Gasteiger partial charge in [0.05, 0.1) is 0 Å². The van der Waals surface area contributed by atoms with E-state index in [0.717, 1.165) is 25.3 Å². The minimum Gasteiger partial charge on any atom is -0.369 e. The Morgan fingerprint density at radius 2 is 1.85 bits per heavy atom. The fraction of sp³-hybridized carbons (Fsp3) is 0.524. The maximum atomic E-state index is 6.13. The van der Waals surface area contributed by atoms with Crippen molar-refractivity contribution in [2.45, 2.75) is 52.4 Å². The Bertz CT molecular complexity index is 727. The van der Waals surface area contributed by atoms with Gasteiger partial charge in [-0.25, -0.2) is 0 Å². The molecule has 0 bridgehead atoms. The van der Waals surface area contributed by atoms with Gasteiger partial charge in [-0.05, 0) is 42.7 Å². The van der Waals surface area contributed by atoms with E-state index in [1.165, 1.54) is 30.4 Å². The van der Waals surface area contributed by atoms with Gasteiger partial charge in [0.15, 0.2) is 11.8 Å². The van der Waals surface area contributed by atoms with Crippen LogP contribution in [0.2, 0.25) is 0 Å². The normalized spacial score (nSPS) is 16.9. The first-order chi connectivity index (χ1) is 12.5. The van der Waals surface area contributed by atoms with Crippen LogP contribution >= 0.6 is 0 Å². The average Bonchev–Trinajstić information content (AvgIpc) is 3.10. The molecule has 1 saturated heterocycles. The zero-order valence-electron chi connectivity index (χ0n) is 16.1. The summed E-state index contributed by atoms with van der Waals surface area (Å²) in [6.45, 7) is 8.54. The van der Waals surface area contributed by atoms with Crippen molar-refractivity contribution in [3.05, 3.63) is 47.2 Å². The second-order valence-corrected chi connectivity index (χ2v) is 7.67. The summed E-state index contributed by atoms with van der Waals surface area (Å²) in [5.74, 6) is 2.70. The van der Waals surface area contributed by atoms with Crippen molar-refractivity contribution in [2.24, 2.45) is 16.6 Å². The molecule has 5 nitrogen and oxygen atoms in total. The molecule has 1 unspecified atom stereocenters. The lowest BCUT2D eigenvalue weighted by molar-refractivity contribution is 0.338. The smallest absolute Gasteiger partial charge is 0.198 e. The van der Waals surface area contributed by atoms with Crippen molar-refractivity contribution < 1.29 is 4.52 Å². The van der Waals surface area contributed by atoms with E-state index in [2.05, 4.69) is 60.1 Å². The third-order valence-corrected chi connectivity index (χ3v) is 4.98. The standard InChI is InChI=1S/C21H30N4O/c1-15(2)13-17-7-9-18(10-8-17)16(3)19-14-20(24-26-19)23-21(22)25-11-5-4-6-12-25/h7-10,14-16H,4-6,11-13H2,1-3H3,(H2,22,23,24). The van der Waals surface area contributed by atoms with E-state index in [1.54, 1.807) is 0 Å². The fourth-order valence-corrected chi connectivity index (χ4v) is 3.43. The van der Waals surface area contributed by atoms with Crippen molar-refractivity contribution in [3.63, 3.8) is 0 Å². The molecule has 1 aliphatic rings. The quantitative estimate of drug-likeness (QED) is 0.636. The van der Waals surface area contributed by atoms with Crippen LogP contribution < -0.4 is 5.73 Å². The highest BCUT2D eigenvalue weighted by atomic mass is 16.5.